The van der Waals surface area contributed by atoms with Gasteiger partial charge in [-0.25, -0.2) is 0 Å². The summed E-state index contributed by atoms with van der Waals surface area (Å²) in [7, 11) is 3.54. The van der Waals surface area contributed by atoms with Crippen LogP contribution in [-0.4, -0.2) is 69.9 Å². The number of para-hydroxylation sites is 1. The minimum atomic E-state index is -0.0238. The number of nitrogens with one attached hydrogen (secondary N) is 2. The van der Waals surface area contributed by atoms with Gasteiger partial charge in [0, 0.05) is 39.8 Å². The number of nitrogens with zero attached hydrogens (tertiary/aromatic N) is 2. The third kappa shape index (κ3) is 8.85. The molecule has 1 aromatic carbocycles. The van der Waals surface area contributed by atoms with Gasteiger partial charge < -0.3 is 25.0 Å². The first-order chi connectivity index (χ1) is 12.6. The van der Waals surface area contributed by atoms with Crippen molar-refractivity contribution in [2.75, 3.05) is 46.9 Å². The summed E-state index contributed by atoms with van der Waals surface area (Å²) in [4.78, 5) is 6.77. The summed E-state index contributed by atoms with van der Waals surface area (Å²) in [5.41, 5.74) is 0. The Balaban J connectivity index is 0.00000364. The topological polar surface area (TPSA) is 58.1 Å². The Morgan fingerprint density at radius 1 is 1.33 bits per heavy atom. The van der Waals surface area contributed by atoms with E-state index >= 15 is 0 Å². The normalized spacial score (nSPS) is 17.1. The highest BCUT2D eigenvalue weighted by molar-refractivity contribution is 14.0. The van der Waals surface area contributed by atoms with Crippen LogP contribution >= 0.6 is 35.6 Å². The Morgan fingerprint density at radius 3 is 2.67 bits per heavy atom. The predicted octanol–water partition coefficient (Wildman–Crippen LogP) is 3.00. The summed E-state index contributed by atoms with van der Waals surface area (Å²) in [6, 6.07) is 7.96. The molecule has 1 fully saturated rings. The molecule has 0 radical (unpaired) electrons. The van der Waals surface area contributed by atoms with Crippen LogP contribution in [0.2, 0.25) is 5.02 Å². The highest BCUT2D eigenvalue weighted by Gasteiger charge is 2.19. The highest BCUT2D eigenvalue weighted by Crippen LogP contribution is 2.24. The molecule has 1 saturated heterocycles. The van der Waals surface area contributed by atoms with Crippen LogP contribution in [0.5, 0.6) is 5.75 Å². The van der Waals surface area contributed by atoms with Crippen molar-refractivity contribution < 1.29 is 9.47 Å². The molecule has 1 unspecified atom stereocenters. The fraction of sp³-hybridized carbons (Fsp3) is 0.632. The average Bonchev–Trinajstić information content (AvgIpc) is 2.66. The molecule has 0 spiro atoms. The molecule has 0 aliphatic carbocycles. The average molecular weight is 511 g/mol. The van der Waals surface area contributed by atoms with Crippen molar-refractivity contribution in [1.29, 1.82) is 0 Å². The lowest BCUT2D eigenvalue weighted by molar-refractivity contribution is 0.128. The van der Waals surface area contributed by atoms with Gasteiger partial charge in [0.25, 0.3) is 0 Å². The summed E-state index contributed by atoms with van der Waals surface area (Å²) in [5.74, 6) is 1.52. The fourth-order valence-corrected chi connectivity index (χ4v) is 3.13. The number of benzene rings is 1. The minimum Gasteiger partial charge on any atom is -0.487 e. The summed E-state index contributed by atoms with van der Waals surface area (Å²) < 4.78 is 11.0. The van der Waals surface area contributed by atoms with Gasteiger partial charge in [0.1, 0.15) is 11.9 Å². The number of ether oxygens (including phenoxy) is 2. The van der Waals surface area contributed by atoms with Crippen LogP contribution in [-0.2, 0) is 4.74 Å². The maximum Gasteiger partial charge on any atom is 0.191 e. The molecule has 0 bridgehead atoms. The molecule has 0 saturated carbocycles. The van der Waals surface area contributed by atoms with Crippen molar-refractivity contribution in [3.8, 4) is 5.75 Å². The van der Waals surface area contributed by atoms with E-state index in [2.05, 4.69) is 20.5 Å². The maximum atomic E-state index is 6.14. The summed E-state index contributed by atoms with van der Waals surface area (Å²) in [6.07, 6.45) is 2.19. The van der Waals surface area contributed by atoms with E-state index in [9.17, 15) is 0 Å². The molecule has 0 amide bonds. The predicted molar refractivity (Wildman–Crippen MR) is 123 cm³/mol. The largest absolute Gasteiger partial charge is 0.487 e. The molecular formula is C19H32ClIN4O2. The zero-order valence-corrected chi connectivity index (χ0v) is 19.5. The van der Waals surface area contributed by atoms with Gasteiger partial charge in [-0.15, -0.1) is 24.0 Å². The molecule has 154 valence electrons. The molecule has 6 nitrogen and oxygen atoms in total. The number of hydrogen-bond donors (Lipinski definition) is 2. The smallest absolute Gasteiger partial charge is 0.191 e. The van der Waals surface area contributed by atoms with Crippen molar-refractivity contribution >= 4 is 41.5 Å². The number of likely N-dealkylation sites (tertiary alicyclic amines) is 1. The number of halogens is 2. The van der Waals surface area contributed by atoms with Crippen LogP contribution in [0.3, 0.4) is 0 Å². The summed E-state index contributed by atoms with van der Waals surface area (Å²) >= 11 is 6.14. The maximum absolute atomic E-state index is 6.14. The number of aliphatic imine (C=N–C) groups is 1. The van der Waals surface area contributed by atoms with E-state index in [1.165, 1.54) is 0 Å². The van der Waals surface area contributed by atoms with Gasteiger partial charge in [-0.05, 0) is 31.9 Å². The van der Waals surface area contributed by atoms with Gasteiger partial charge in [0.15, 0.2) is 5.96 Å². The lowest BCUT2D eigenvalue weighted by Crippen LogP contribution is -2.50. The lowest BCUT2D eigenvalue weighted by Gasteiger charge is -2.33. The molecule has 27 heavy (non-hydrogen) atoms. The molecule has 1 atom stereocenters. The third-order valence-corrected chi connectivity index (χ3v) is 4.80. The monoisotopic (exact) mass is 510 g/mol. The molecule has 1 heterocycles. The Hall–Kier alpha value is -0.770. The molecule has 0 aromatic heterocycles. The van der Waals surface area contributed by atoms with Crippen LogP contribution in [0.25, 0.3) is 0 Å². The van der Waals surface area contributed by atoms with Crippen LogP contribution < -0.4 is 15.4 Å². The molecule has 2 N–H and O–H groups in total. The molecule has 1 aromatic rings. The standard InChI is InChI=1S/C19H31ClN4O2.HI/c1-15(26-18-7-5-4-6-17(18)20)14-22-19(21-2)23-16-8-10-24(11-9-16)12-13-25-3;/h4-7,15-16H,8-14H2,1-3H3,(H2,21,22,23);1H. The molecule has 8 heteroatoms. The molecular weight excluding hydrogens is 479 g/mol. The summed E-state index contributed by atoms with van der Waals surface area (Å²) in [5, 5.41) is 7.48. The number of guanidine groups is 1. The van der Waals surface area contributed by atoms with Gasteiger partial charge in [-0.1, -0.05) is 23.7 Å². The van der Waals surface area contributed by atoms with Gasteiger partial charge in [-0.3, -0.25) is 4.99 Å². The zero-order chi connectivity index (χ0) is 18.8. The second-order valence-electron chi connectivity index (χ2n) is 6.57. The van der Waals surface area contributed by atoms with E-state index in [-0.39, 0.29) is 30.1 Å². The van der Waals surface area contributed by atoms with Crippen molar-refractivity contribution in [2.45, 2.75) is 31.9 Å². The van der Waals surface area contributed by atoms with Gasteiger partial charge >= 0.3 is 0 Å². The quantitative estimate of drug-likeness (QED) is 0.320. The van der Waals surface area contributed by atoms with Crippen LogP contribution in [0, 0.1) is 0 Å². The van der Waals surface area contributed by atoms with E-state index in [0.29, 0.717) is 23.4 Å². The van der Waals surface area contributed by atoms with Crippen LogP contribution in [0.15, 0.2) is 29.3 Å². The molecule has 1 aliphatic rings. The lowest BCUT2D eigenvalue weighted by atomic mass is 10.1. The number of methoxy groups -OCH3 is 1. The summed E-state index contributed by atoms with van der Waals surface area (Å²) in [6.45, 7) is 6.64. The SMILES string of the molecule is CN=C(NCC(C)Oc1ccccc1Cl)NC1CCN(CCOC)CC1.I. The van der Waals surface area contributed by atoms with Crippen molar-refractivity contribution in [2.24, 2.45) is 4.99 Å². The van der Waals surface area contributed by atoms with Crippen molar-refractivity contribution in [3.05, 3.63) is 29.3 Å². The van der Waals surface area contributed by atoms with E-state index in [4.69, 9.17) is 21.1 Å². The van der Waals surface area contributed by atoms with Crippen LogP contribution in [0.1, 0.15) is 19.8 Å². The fourth-order valence-electron chi connectivity index (χ4n) is 2.95. The van der Waals surface area contributed by atoms with E-state index < -0.39 is 0 Å². The number of piperidine rings is 1. The second kappa shape index (κ2) is 13.4. The van der Waals surface area contributed by atoms with Crippen LogP contribution in [0.4, 0.5) is 0 Å². The Labute approximate surface area is 185 Å². The zero-order valence-electron chi connectivity index (χ0n) is 16.4. The van der Waals surface area contributed by atoms with E-state index in [1.807, 2.05) is 31.2 Å². The number of rotatable bonds is 8. The Kier molecular flexibility index (Phi) is 12.1. The number of hydrogen-bond acceptors (Lipinski definition) is 4. The van der Waals surface area contributed by atoms with Crippen molar-refractivity contribution in [1.82, 2.24) is 15.5 Å². The first kappa shape index (κ1) is 24.3. The molecule has 1 aliphatic heterocycles. The molecule has 2 rings (SSSR count). The van der Waals surface area contributed by atoms with Gasteiger partial charge in [-0.2, -0.15) is 0 Å². The Morgan fingerprint density at radius 2 is 2.04 bits per heavy atom. The highest BCUT2D eigenvalue weighted by atomic mass is 127. The van der Waals surface area contributed by atoms with E-state index in [1.54, 1.807) is 14.2 Å². The first-order valence-corrected chi connectivity index (χ1v) is 9.59. The third-order valence-electron chi connectivity index (χ3n) is 4.49. The second-order valence-corrected chi connectivity index (χ2v) is 6.97. The van der Waals surface area contributed by atoms with E-state index in [0.717, 1.165) is 45.0 Å². The first-order valence-electron chi connectivity index (χ1n) is 9.22. The van der Waals surface area contributed by atoms with Gasteiger partial charge in [0.2, 0.25) is 0 Å². The minimum absolute atomic E-state index is 0. The Bertz CT molecular complexity index is 568. The van der Waals surface area contributed by atoms with Crippen molar-refractivity contribution in [3.63, 3.8) is 0 Å². The van der Waals surface area contributed by atoms with Gasteiger partial charge in [0.05, 0.1) is 18.2 Å².